The zero-order valence-electron chi connectivity index (χ0n) is 17.8. The number of piperidine rings is 1. The highest BCUT2D eigenvalue weighted by Crippen LogP contribution is 2.25. The van der Waals surface area contributed by atoms with Crippen LogP contribution < -0.4 is 10.6 Å². The third-order valence-corrected chi connectivity index (χ3v) is 4.95. The predicted molar refractivity (Wildman–Crippen MR) is 108 cm³/mol. The molecule has 2 fully saturated rings. The van der Waals surface area contributed by atoms with Gasteiger partial charge < -0.3 is 25.0 Å². The van der Waals surface area contributed by atoms with Crippen molar-refractivity contribution in [2.75, 3.05) is 39.3 Å². The maximum Gasteiger partial charge on any atom is 0.410 e. The van der Waals surface area contributed by atoms with E-state index in [1.54, 1.807) is 0 Å². The number of amides is 1. The van der Waals surface area contributed by atoms with E-state index in [1.807, 2.05) is 25.7 Å². The van der Waals surface area contributed by atoms with Gasteiger partial charge in [-0.05, 0) is 66.2 Å². The van der Waals surface area contributed by atoms with Crippen LogP contribution in [0.25, 0.3) is 0 Å². The zero-order valence-corrected chi connectivity index (χ0v) is 17.8. The molecule has 0 aromatic rings. The SMILES string of the molecule is CCNC(=NCC1(C)CCCO1)NCC1CCCN(C(=O)OC(C)(C)C)C1. The fourth-order valence-corrected chi connectivity index (χ4v) is 3.51. The third-order valence-electron chi connectivity index (χ3n) is 4.95. The van der Waals surface area contributed by atoms with E-state index >= 15 is 0 Å². The molecule has 2 rings (SSSR count). The molecule has 0 aliphatic carbocycles. The summed E-state index contributed by atoms with van der Waals surface area (Å²) in [6.45, 7) is 14.5. The summed E-state index contributed by atoms with van der Waals surface area (Å²) in [5.41, 5.74) is -0.591. The molecule has 156 valence electrons. The molecule has 2 N–H and O–H groups in total. The van der Waals surface area contributed by atoms with Crippen LogP contribution in [0.1, 0.15) is 60.3 Å². The van der Waals surface area contributed by atoms with Gasteiger partial charge in [0.1, 0.15) is 5.60 Å². The quantitative estimate of drug-likeness (QED) is 0.565. The summed E-state index contributed by atoms with van der Waals surface area (Å²) in [5, 5.41) is 6.75. The van der Waals surface area contributed by atoms with E-state index in [0.29, 0.717) is 12.5 Å². The van der Waals surface area contributed by atoms with Crippen molar-refractivity contribution in [3.8, 4) is 0 Å². The number of hydrogen-bond donors (Lipinski definition) is 2. The summed E-state index contributed by atoms with van der Waals surface area (Å²) in [7, 11) is 0. The summed E-state index contributed by atoms with van der Waals surface area (Å²) < 4.78 is 11.3. The van der Waals surface area contributed by atoms with Crippen molar-refractivity contribution in [3.05, 3.63) is 0 Å². The monoisotopic (exact) mass is 382 g/mol. The highest BCUT2D eigenvalue weighted by molar-refractivity contribution is 5.79. The highest BCUT2D eigenvalue weighted by Gasteiger charge is 2.30. The van der Waals surface area contributed by atoms with Crippen LogP contribution in [0.3, 0.4) is 0 Å². The molecular formula is C20H38N4O3. The number of guanidine groups is 1. The van der Waals surface area contributed by atoms with Crippen LogP contribution in [-0.2, 0) is 9.47 Å². The second-order valence-corrected chi connectivity index (χ2v) is 8.91. The first kappa shape index (κ1) is 21.8. The Morgan fingerprint density at radius 3 is 2.74 bits per heavy atom. The number of nitrogens with zero attached hydrogens (tertiary/aromatic N) is 2. The van der Waals surface area contributed by atoms with Crippen molar-refractivity contribution in [1.29, 1.82) is 0 Å². The van der Waals surface area contributed by atoms with Gasteiger partial charge in [0.25, 0.3) is 0 Å². The maximum atomic E-state index is 12.3. The van der Waals surface area contributed by atoms with Crippen molar-refractivity contribution < 1.29 is 14.3 Å². The van der Waals surface area contributed by atoms with Crippen molar-refractivity contribution >= 4 is 12.1 Å². The summed E-state index contributed by atoms with van der Waals surface area (Å²) in [5.74, 6) is 1.22. The van der Waals surface area contributed by atoms with E-state index in [1.165, 1.54) is 0 Å². The van der Waals surface area contributed by atoms with Crippen LogP contribution in [0, 0.1) is 5.92 Å². The van der Waals surface area contributed by atoms with Crippen LogP contribution in [-0.4, -0.2) is 67.5 Å². The minimum atomic E-state index is -0.453. The Bertz CT molecular complexity index is 510. The Morgan fingerprint density at radius 1 is 1.33 bits per heavy atom. The lowest BCUT2D eigenvalue weighted by atomic mass is 9.98. The van der Waals surface area contributed by atoms with Gasteiger partial charge in [0.05, 0.1) is 12.1 Å². The molecule has 7 nitrogen and oxygen atoms in total. The van der Waals surface area contributed by atoms with Gasteiger partial charge in [-0.15, -0.1) is 0 Å². The largest absolute Gasteiger partial charge is 0.444 e. The van der Waals surface area contributed by atoms with Gasteiger partial charge in [-0.3, -0.25) is 4.99 Å². The Labute approximate surface area is 164 Å². The average molecular weight is 383 g/mol. The van der Waals surface area contributed by atoms with Gasteiger partial charge in [0.2, 0.25) is 0 Å². The maximum absolute atomic E-state index is 12.3. The molecule has 27 heavy (non-hydrogen) atoms. The lowest BCUT2D eigenvalue weighted by molar-refractivity contribution is 0.0168. The molecule has 1 amide bonds. The van der Waals surface area contributed by atoms with E-state index < -0.39 is 5.60 Å². The van der Waals surface area contributed by atoms with Crippen molar-refractivity contribution in [1.82, 2.24) is 15.5 Å². The number of rotatable bonds is 5. The second kappa shape index (κ2) is 9.62. The highest BCUT2D eigenvalue weighted by atomic mass is 16.6. The molecule has 0 bridgehead atoms. The Morgan fingerprint density at radius 2 is 2.11 bits per heavy atom. The van der Waals surface area contributed by atoms with Crippen LogP contribution in [0.2, 0.25) is 0 Å². The molecule has 0 saturated carbocycles. The van der Waals surface area contributed by atoms with Gasteiger partial charge in [-0.1, -0.05) is 0 Å². The molecule has 2 atom stereocenters. The number of nitrogens with one attached hydrogen (secondary N) is 2. The number of ether oxygens (including phenoxy) is 2. The number of likely N-dealkylation sites (tertiary alicyclic amines) is 1. The van der Waals surface area contributed by atoms with Crippen molar-refractivity contribution in [2.24, 2.45) is 10.9 Å². The molecule has 2 heterocycles. The minimum Gasteiger partial charge on any atom is -0.444 e. The third kappa shape index (κ3) is 7.56. The molecule has 2 aliphatic heterocycles. The van der Waals surface area contributed by atoms with Crippen molar-refractivity contribution in [3.63, 3.8) is 0 Å². The lowest BCUT2D eigenvalue weighted by Crippen LogP contribution is -2.47. The van der Waals surface area contributed by atoms with E-state index in [-0.39, 0.29) is 11.7 Å². The summed E-state index contributed by atoms with van der Waals surface area (Å²) in [4.78, 5) is 18.9. The number of carbonyl (C=O) groups is 1. The van der Waals surface area contributed by atoms with Crippen LogP contribution >= 0.6 is 0 Å². The van der Waals surface area contributed by atoms with Gasteiger partial charge in [0.15, 0.2) is 5.96 Å². The normalized spacial score (nSPS) is 26.8. The number of hydrogen-bond acceptors (Lipinski definition) is 4. The van der Waals surface area contributed by atoms with Gasteiger partial charge in [-0.2, -0.15) is 0 Å². The molecule has 7 heteroatoms. The van der Waals surface area contributed by atoms with E-state index in [0.717, 1.165) is 64.4 Å². The average Bonchev–Trinajstić information content (AvgIpc) is 3.03. The first-order chi connectivity index (χ1) is 12.7. The Kier molecular flexibility index (Phi) is 7.77. The van der Waals surface area contributed by atoms with Gasteiger partial charge in [0, 0.05) is 32.8 Å². The second-order valence-electron chi connectivity index (χ2n) is 8.91. The summed E-state index contributed by atoms with van der Waals surface area (Å²) in [6, 6.07) is 0. The Balaban J connectivity index is 1.84. The number of aliphatic imine (C=N–C) groups is 1. The first-order valence-corrected chi connectivity index (χ1v) is 10.3. The molecule has 2 aliphatic rings. The van der Waals surface area contributed by atoms with Gasteiger partial charge >= 0.3 is 6.09 Å². The lowest BCUT2D eigenvalue weighted by Gasteiger charge is -2.34. The van der Waals surface area contributed by atoms with E-state index in [2.05, 4.69) is 24.5 Å². The number of carbonyl (C=O) groups excluding carboxylic acids is 1. The first-order valence-electron chi connectivity index (χ1n) is 10.3. The smallest absolute Gasteiger partial charge is 0.410 e. The molecule has 0 radical (unpaired) electrons. The molecule has 2 saturated heterocycles. The van der Waals surface area contributed by atoms with Crippen LogP contribution in [0.5, 0.6) is 0 Å². The standard InChI is InChI=1S/C20H38N4O3/c1-6-21-17(23-15-20(5)10-8-12-26-20)22-13-16-9-7-11-24(14-16)18(25)27-19(2,3)4/h16H,6-15H2,1-5H3,(H2,21,22,23). The Hall–Kier alpha value is -1.50. The molecule has 0 aromatic heterocycles. The molecular weight excluding hydrogens is 344 g/mol. The van der Waals surface area contributed by atoms with Crippen LogP contribution in [0.15, 0.2) is 4.99 Å². The molecule has 0 aromatic carbocycles. The topological polar surface area (TPSA) is 75.2 Å². The summed E-state index contributed by atoms with van der Waals surface area (Å²) >= 11 is 0. The van der Waals surface area contributed by atoms with E-state index in [9.17, 15) is 4.79 Å². The fraction of sp³-hybridized carbons (Fsp3) is 0.900. The zero-order chi connectivity index (χ0) is 19.9. The predicted octanol–water partition coefficient (Wildman–Crippen LogP) is 2.76. The molecule has 0 spiro atoms. The van der Waals surface area contributed by atoms with Crippen LogP contribution in [0.4, 0.5) is 4.79 Å². The van der Waals surface area contributed by atoms with Gasteiger partial charge in [-0.25, -0.2) is 4.79 Å². The minimum absolute atomic E-state index is 0.138. The molecule has 2 unspecified atom stereocenters. The summed E-state index contributed by atoms with van der Waals surface area (Å²) in [6.07, 6.45) is 4.07. The fourth-order valence-electron chi connectivity index (χ4n) is 3.51. The van der Waals surface area contributed by atoms with E-state index in [4.69, 9.17) is 14.5 Å². The van der Waals surface area contributed by atoms with Crippen molar-refractivity contribution in [2.45, 2.75) is 71.5 Å².